The molecule has 0 aliphatic rings. The molecule has 0 amide bonds. The van der Waals surface area contributed by atoms with Gasteiger partial charge in [0.15, 0.2) is 0 Å². The Morgan fingerprint density at radius 1 is 1.22 bits per heavy atom. The van der Waals surface area contributed by atoms with Gasteiger partial charge in [-0.05, 0) is 47.9 Å². The van der Waals surface area contributed by atoms with Gasteiger partial charge < -0.3 is 5.11 Å². The number of hydrogen-bond acceptors (Lipinski definition) is 1. The fourth-order valence-electron chi connectivity index (χ4n) is 1.96. The van der Waals surface area contributed by atoms with Gasteiger partial charge in [-0.2, -0.15) is 0 Å². The zero-order valence-corrected chi connectivity index (χ0v) is 11.6. The number of halogens is 2. The van der Waals surface area contributed by atoms with Crippen LogP contribution >= 0.6 is 15.9 Å². The van der Waals surface area contributed by atoms with Gasteiger partial charge in [0.25, 0.3) is 0 Å². The maximum atomic E-state index is 13.1. The summed E-state index contributed by atoms with van der Waals surface area (Å²) in [5.41, 5.74) is 2.71. The monoisotopic (exact) mass is 308 g/mol. The van der Waals surface area contributed by atoms with E-state index in [2.05, 4.69) is 15.9 Å². The van der Waals surface area contributed by atoms with Crippen molar-refractivity contribution in [3.8, 4) is 0 Å². The van der Waals surface area contributed by atoms with Crippen LogP contribution in [0, 0.1) is 12.7 Å². The first-order valence-corrected chi connectivity index (χ1v) is 6.53. The molecule has 1 unspecified atom stereocenters. The molecule has 0 aliphatic carbocycles. The van der Waals surface area contributed by atoms with E-state index in [9.17, 15) is 9.50 Å². The summed E-state index contributed by atoms with van der Waals surface area (Å²) in [4.78, 5) is 0. The van der Waals surface area contributed by atoms with Crippen LogP contribution in [0.25, 0.3) is 0 Å². The van der Waals surface area contributed by atoms with Crippen molar-refractivity contribution in [3.63, 3.8) is 0 Å². The minimum atomic E-state index is -0.622. The van der Waals surface area contributed by atoms with Crippen molar-refractivity contribution in [2.75, 3.05) is 0 Å². The van der Waals surface area contributed by atoms with Gasteiger partial charge in [-0.25, -0.2) is 4.39 Å². The molecule has 0 bridgehead atoms. The lowest BCUT2D eigenvalue weighted by molar-refractivity contribution is 0.178. The number of aliphatic hydroxyl groups is 1. The van der Waals surface area contributed by atoms with Crippen molar-refractivity contribution in [1.29, 1.82) is 0 Å². The fourth-order valence-corrected chi connectivity index (χ4v) is 2.59. The molecule has 1 nitrogen and oxygen atoms in total. The van der Waals surface area contributed by atoms with E-state index in [0.29, 0.717) is 6.42 Å². The summed E-state index contributed by atoms with van der Waals surface area (Å²) in [6, 6.07) is 12.1. The van der Waals surface area contributed by atoms with Gasteiger partial charge in [0.05, 0.1) is 6.10 Å². The summed E-state index contributed by atoms with van der Waals surface area (Å²) in [6.07, 6.45) is -0.212. The van der Waals surface area contributed by atoms with Gasteiger partial charge in [-0.15, -0.1) is 0 Å². The van der Waals surface area contributed by atoms with E-state index in [-0.39, 0.29) is 5.82 Å². The SMILES string of the molecule is Cc1cc(Br)cc(C(O)Cc2cccc(F)c2)c1. The Morgan fingerprint density at radius 2 is 2.00 bits per heavy atom. The first-order chi connectivity index (χ1) is 8.54. The molecular weight excluding hydrogens is 295 g/mol. The minimum absolute atomic E-state index is 0.273. The lowest BCUT2D eigenvalue weighted by Gasteiger charge is -2.12. The van der Waals surface area contributed by atoms with E-state index in [1.165, 1.54) is 12.1 Å². The molecule has 18 heavy (non-hydrogen) atoms. The van der Waals surface area contributed by atoms with E-state index in [0.717, 1.165) is 21.2 Å². The fraction of sp³-hybridized carbons (Fsp3) is 0.200. The third-order valence-electron chi connectivity index (χ3n) is 2.77. The summed E-state index contributed by atoms with van der Waals surface area (Å²) in [5, 5.41) is 10.2. The molecule has 94 valence electrons. The molecule has 0 fully saturated rings. The average Bonchev–Trinajstić information content (AvgIpc) is 2.27. The summed E-state index contributed by atoms with van der Waals surface area (Å²) in [6.45, 7) is 1.98. The van der Waals surface area contributed by atoms with Crippen LogP contribution in [0.1, 0.15) is 22.8 Å². The first kappa shape index (κ1) is 13.2. The number of rotatable bonds is 3. The Labute approximate surface area is 114 Å². The minimum Gasteiger partial charge on any atom is -0.388 e. The smallest absolute Gasteiger partial charge is 0.123 e. The molecule has 0 spiro atoms. The molecule has 2 aromatic carbocycles. The van der Waals surface area contributed by atoms with Crippen molar-refractivity contribution < 1.29 is 9.50 Å². The number of hydrogen-bond donors (Lipinski definition) is 1. The Hall–Kier alpha value is -1.19. The van der Waals surface area contributed by atoms with Crippen LogP contribution in [0.5, 0.6) is 0 Å². The van der Waals surface area contributed by atoms with Gasteiger partial charge in [-0.3, -0.25) is 0 Å². The van der Waals surface area contributed by atoms with Crippen molar-refractivity contribution in [2.45, 2.75) is 19.4 Å². The van der Waals surface area contributed by atoms with E-state index < -0.39 is 6.10 Å². The molecule has 0 aliphatic heterocycles. The highest BCUT2D eigenvalue weighted by molar-refractivity contribution is 9.10. The molecule has 0 saturated heterocycles. The van der Waals surface area contributed by atoms with Gasteiger partial charge in [0, 0.05) is 10.9 Å². The van der Waals surface area contributed by atoms with Crippen molar-refractivity contribution in [3.05, 3.63) is 69.4 Å². The average molecular weight is 309 g/mol. The Balaban J connectivity index is 2.19. The normalized spacial score (nSPS) is 12.4. The van der Waals surface area contributed by atoms with Crippen LogP contribution < -0.4 is 0 Å². The van der Waals surface area contributed by atoms with Crippen molar-refractivity contribution >= 4 is 15.9 Å². The highest BCUT2D eigenvalue weighted by atomic mass is 79.9. The Morgan fingerprint density at radius 3 is 2.67 bits per heavy atom. The molecule has 2 rings (SSSR count). The molecule has 0 heterocycles. The lowest BCUT2D eigenvalue weighted by Crippen LogP contribution is -2.02. The number of aliphatic hydroxyl groups excluding tert-OH is 1. The molecule has 0 aromatic heterocycles. The van der Waals surface area contributed by atoms with Crippen LogP contribution in [0.15, 0.2) is 46.9 Å². The summed E-state index contributed by atoms with van der Waals surface area (Å²) >= 11 is 3.41. The molecule has 1 atom stereocenters. The second kappa shape index (κ2) is 5.63. The Bertz CT molecular complexity index is 534. The zero-order chi connectivity index (χ0) is 13.1. The maximum absolute atomic E-state index is 13.1. The second-order valence-electron chi connectivity index (χ2n) is 4.41. The summed E-state index contributed by atoms with van der Waals surface area (Å²) < 4.78 is 14.0. The third-order valence-corrected chi connectivity index (χ3v) is 3.23. The van der Waals surface area contributed by atoms with Crippen LogP contribution in [0.2, 0.25) is 0 Å². The van der Waals surface area contributed by atoms with Crippen LogP contribution in [-0.4, -0.2) is 5.11 Å². The predicted octanol–water partition coefficient (Wildman–Crippen LogP) is 4.17. The van der Waals surface area contributed by atoms with E-state index in [1.54, 1.807) is 6.07 Å². The van der Waals surface area contributed by atoms with Crippen molar-refractivity contribution in [2.24, 2.45) is 0 Å². The molecule has 1 N–H and O–H groups in total. The molecule has 0 radical (unpaired) electrons. The van der Waals surface area contributed by atoms with Gasteiger partial charge in [0.1, 0.15) is 5.82 Å². The summed E-state index contributed by atoms with van der Waals surface area (Å²) in [5.74, 6) is -0.273. The topological polar surface area (TPSA) is 20.2 Å². The number of aryl methyl sites for hydroxylation is 1. The first-order valence-electron chi connectivity index (χ1n) is 5.74. The molecule has 3 heteroatoms. The summed E-state index contributed by atoms with van der Waals surface area (Å²) in [7, 11) is 0. The van der Waals surface area contributed by atoms with E-state index >= 15 is 0 Å². The quantitative estimate of drug-likeness (QED) is 0.902. The van der Waals surface area contributed by atoms with Gasteiger partial charge in [-0.1, -0.05) is 34.1 Å². The third kappa shape index (κ3) is 3.40. The molecule has 0 saturated carbocycles. The largest absolute Gasteiger partial charge is 0.388 e. The van der Waals surface area contributed by atoms with E-state index in [1.807, 2.05) is 31.2 Å². The van der Waals surface area contributed by atoms with E-state index in [4.69, 9.17) is 0 Å². The van der Waals surface area contributed by atoms with Crippen LogP contribution in [0.3, 0.4) is 0 Å². The zero-order valence-electron chi connectivity index (χ0n) is 10.0. The Kier molecular flexibility index (Phi) is 4.15. The second-order valence-corrected chi connectivity index (χ2v) is 5.33. The highest BCUT2D eigenvalue weighted by Crippen LogP contribution is 2.23. The van der Waals surface area contributed by atoms with Gasteiger partial charge in [0.2, 0.25) is 0 Å². The maximum Gasteiger partial charge on any atom is 0.123 e. The molecular formula is C15H14BrFO. The molecule has 2 aromatic rings. The predicted molar refractivity (Wildman–Crippen MR) is 73.9 cm³/mol. The number of benzene rings is 2. The standard InChI is InChI=1S/C15H14BrFO/c1-10-5-12(9-13(16)6-10)15(18)8-11-3-2-4-14(17)7-11/h2-7,9,15,18H,8H2,1H3. The van der Waals surface area contributed by atoms with Crippen LogP contribution in [0.4, 0.5) is 4.39 Å². The lowest BCUT2D eigenvalue weighted by atomic mass is 10.00. The van der Waals surface area contributed by atoms with Crippen molar-refractivity contribution in [1.82, 2.24) is 0 Å². The van der Waals surface area contributed by atoms with Crippen LogP contribution in [-0.2, 0) is 6.42 Å². The highest BCUT2D eigenvalue weighted by Gasteiger charge is 2.10. The van der Waals surface area contributed by atoms with Gasteiger partial charge >= 0.3 is 0 Å².